The summed E-state index contributed by atoms with van der Waals surface area (Å²) in [6.45, 7) is 2.15. The molecule has 0 radical (unpaired) electrons. The van der Waals surface area contributed by atoms with Crippen molar-refractivity contribution in [3.05, 3.63) is 41.8 Å². The second-order valence-corrected chi connectivity index (χ2v) is 11.0. The minimum absolute atomic E-state index is 0.0528. The van der Waals surface area contributed by atoms with Crippen LogP contribution >= 0.6 is 23.3 Å². The fourth-order valence-electron chi connectivity index (χ4n) is 4.52. The molecular formula is C23H26N10O6S2. The van der Waals surface area contributed by atoms with E-state index in [0.717, 1.165) is 21.9 Å². The molecule has 5 heterocycles. The van der Waals surface area contributed by atoms with Crippen LogP contribution in [0, 0.1) is 0 Å². The van der Waals surface area contributed by atoms with Gasteiger partial charge in [-0.3, -0.25) is 14.5 Å². The third kappa shape index (κ3) is 5.45. The highest BCUT2D eigenvalue weighted by atomic mass is 32.2. The number of oxime groups is 1. The Labute approximate surface area is 240 Å². The molecule has 1 saturated heterocycles. The molecule has 0 aromatic carbocycles. The van der Waals surface area contributed by atoms with Gasteiger partial charge in [-0.25, -0.2) is 4.57 Å². The van der Waals surface area contributed by atoms with Gasteiger partial charge in [-0.05, 0) is 24.0 Å². The molecule has 216 valence electrons. The van der Waals surface area contributed by atoms with Crippen LogP contribution in [0.1, 0.15) is 12.7 Å². The topological polar surface area (TPSA) is 231 Å². The number of nitrogens with one attached hydrogen (secondary N) is 1. The summed E-state index contributed by atoms with van der Waals surface area (Å²) in [5, 5.41) is 27.4. The van der Waals surface area contributed by atoms with Crippen molar-refractivity contribution in [2.45, 2.75) is 37.5 Å². The maximum atomic E-state index is 13.2. The number of nitrogen functional groups attached to an aromatic ring is 1. The van der Waals surface area contributed by atoms with Crippen molar-refractivity contribution in [3.8, 4) is 0 Å². The minimum atomic E-state index is -1.50. The Morgan fingerprint density at radius 2 is 2.24 bits per heavy atom. The molecule has 0 aliphatic carbocycles. The molecule has 2 amide bonds. The molecule has 6 N–H and O–H groups in total. The maximum absolute atomic E-state index is 13.2. The third-order valence-electron chi connectivity index (χ3n) is 6.36. The SMILES string of the molecule is CCO/N=C(\C(=O)NC1C(=O)N2C(C(=O)[O-])=C(C[n+]3cccc4c3ncn4CC(N)CO)CSC12)c1nsc(N)n1. The van der Waals surface area contributed by atoms with Crippen LogP contribution in [0.5, 0.6) is 0 Å². The standard InChI is InChI=1S/C23H26N10O6S2/c1-2-39-29-14(17-28-23(25)41-30-17)19(35)27-15-20(36)33-16(22(37)38)11(9-40-21(15)33)6-31-5-3-4-13-18(31)26-10-32(13)7-12(24)8-34/h3-5,10,12,15,21,34H,2,6-9,24H2,1H3,(H3-,25,27,28,30,35,37,38)/b29-14-. The number of imidazole rings is 1. The van der Waals surface area contributed by atoms with Gasteiger partial charge in [-0.15, -0.1) is 11.8 Å². The van der Waals surface area contributed by atoms with Crippen LogP contribution in [0.15, 0.2) is 41.1 Å². The average molecular weight is 603 g/mol. The first kappa shape index (κ1) is 28.4. The average Bonchev–Trinajstić information content (AvgIpc) is 3.58. The Morgan fingerprint density at radius 1 is 1.44 bits per heavy atom. The highest BCUT2D eigenvalue weighted by Gasteiger charge is 2.53. The number of aromatic nitrogens is 5. The summed E-state index contributed by atoms with van der Waals surface area (Å²) in [4.78, 5) is 53.0. The first-order chi connectivity index (χ1) is 19.7. The number of fused-ring (bicyclic) bond motifs is 2. The Hall–Kier alpha value is -4.13. The van der Waals surface area contributed by atoms with Gasteiger partial charge in [0.2, 0.25) is 17.9 Å². The Morgan fingerprint density at radius 3 is 2.93 bits per heavy atom. The van der Waals surface area contributed by atoms with Gasteiger partial charge in [-0.2, -0.15) is 9.36 Å². The predicted octanol–water partition coefficient (Wildman–Crippen LogP) is -3.08. The lowest BCUT2D eigenvalue weighted by molar-refractivity contribution is -0.664. The fraction of sp³-hybridized carbons (Fsp3) is 0.391. The van der Waals surface area contributed by atoms with Gasteiger partial charge >= 0.3 is 5.65 Å². The number of nitrogens with two attached hydrogens (primary N) is 2. The molecule has 3 aromatic rings. The van der Waals surface area contributed by atoms with Gasteiger partial charge in [0.15, 0.2) is 5.13 Å². The number of nitrogens with zero attached hydrogens (tertiary/aromatic N) is 7. The lowest BCUT2D eigenvalue weighted by atomic mass is 10.0. The number of carboxylic acids is 1. The smallest absolute Gasteiger partial charge is 0.349 e. The van der Waals surface area contributed by atoms with E-state index in [1.54, 1.807) is 34.6 Å². The number of rotatable bonds is 11. The van der Waals surface area contributed by atoms with Crippen molar-refractivity contribution in [2.75, 3.05) is 24.7 Å². The summed E-state index contributed by atoms with van der Waals surface area (Å²) in [5.41, 5.74) is 12.8. The number of β-lactam (4-membered cyclic amide) rings is 1. The second-order valence-electron chi connectivity index (χ2n) is 9.10. The first-order valence-corrected chi connectivity index (χ1v) is 14.2. The van der Waals surface area contributed by atoms with Crippen LogP contribution in [-0.2, 0) is 32.3 Å². The lowest BCUT2D eigenvalue weighted by Gasteiger charge is -2.50. The van der Waals surface area contributed by atoms with Crippen LogP contribution in [0.25, 0.3) is 11.2 Å². The van der Waals surface area contributed by atoms with E-state index in [9.17, 15) is 24.6 Å². The van der Waals surface area contributed by atoms with E-state index in [4.69, 9.17) is 16.3 Å². The van der Waals surface area contributed by atoms with Crippen molar-refractivity contribution < 1.29 is 34.0 Å². The number of thioether (sulfide) groups is 1. The number of carbonyl (C=O) groups excluding carboxylic acids is 3. The number of aliphatic hydroxyl groups excluding tert-OH is 1. The van der Waals surface area contributed by atoms with Crippen LogP contribution in [0.4, 0.5) is 5.13 Å². The fourth-order valence-corrected chi connectivity index (χ4v) is 6.29. The highest BCUT2D eigenvalue weighted by Crippen LogP contribution is 2.40. The second kappa shape index (κ2) is 11.8. The molecule has 3 unspecified atom stereocenters. The summed E-state index contributed by atoms with van der Waals surface area (Å²) in [5.74, 6) is -2.68. The van der Waals surface area contributed by atoms with Crippen molar-refractivity contribution in [3.63, 3.8) is 0 Å². The quantitative estimate of drug-likeness (QED) is 0.0741. The molecule has 2 aliphatic rings. The molecule has 2 aliphatic heterocycles. The number of aliphatic carboxylic acids is 1. The monoisotopic (exact) mass is 602 g/mol. The summed E-state index contributed by atoms with van der Waals surface area (Å²) in [6.07, 6.45) is 3.35. The number of carbonyl (C=O) groups is 3. The first-order valence-electron chi connectivity index (χ1n) is 12.4. The van der Waals surface area contributed by atoms with Crippen LogP contribution < -0.4 is 26.5 Å². The Balaban J connectivity index is 1.37. The highest BCUT2D eigenvalue weighted by molar-refractivity contribution is 8.00. The van der Waals surface area contributed by atoms with Crippen molar-refractivity contribution in [1.82, 2.24) is 29.1 Å². The van der Waals surface area contributed by atoms with Crippen LogP contribution in [0.3, 0.4) is 0 Å². The number of hydrogen-bond donors (Lipinski definition) is 4. The zero-order chi connectivity index (χ0) is 29.3. The van der Waals surface area contributed by atoms with E-state index in [1.807, 2.05) is 6.07 Å². The molecule has 16 nitrogen and oxygen atoms in total. The molecule has 18 heteroatoms. The number of aliphatic hydroxyl groups is 1. The number of hydrogen-bond acceptors (Lipinski definition) is 14. The van der Waals surface area contributed by atoms with Gasteiger partial charge in [0.1, 0.15) is 30.1 Å². The number of anilines is 1. The summed E-state index contributed by atoms with van der Waals surface area (Å²) < 4.78 is 7.55. The maximum Gasteiger partial charge on any atom is 0.349 e. The van der Waals surface area contributed by atoms with Gasteiger partial charge in [0, 0.05) is 35.4 Å². The van der Waals surface area contributed by atoms with E-state index in [0.29, 0.717) is 17.8 Å². The normalized spacial score (nSPS) is 19.6. The zero-order valence-corrected chi connectivity index (χ0v) is 23.3. The molecule has 0 saturated carbocycles. The molecule has 5 rings (SSSR count). The molecule has 1 fully saturated rings. The summed E-state index contributed by atoms with van der Waals surface area (Å²) in [7, 11) is 0. The van der Waals surface area contributed by atoms with E-state index in [1.165, 1.54) is 11.8 Å². The zero-order valence-electron chi connectivity index (χ0n) is 21.7. The van der Waals surface area contributed by atoms with E-state index >= 15 is 0 Å². The molecule has 3 atom stereocenters. The van der Waals surface area contributed by atoms with Crippen molar-refractivity contribution in [1.29, 1.82) is 0 Å². The molecule has 41 heavy (non-hydrogen) atoms. The predicted molar refractivity (Wildman–Crippen MR) is 145 cm³/mol. The van der Waals surface area contributed by atoms with E-state index in [2.05, 4.69) is 24.8 Å². The van der Waals surface area contributed by atoms with E-state index in [-0.39, 0.29) is 47.9 Å². The number of carboxylic acid groups (broad SMARTS) is 1. The van der Waals surface area contributed by atoms with Crippen molar-refractivity contribution in [2.24, 2.45) is 10.9 Å². The molecule has 0 bridgehead atoms. The van der Waals surface area contributed by atoms with Gasteiger partial charge in [-0.1, -0.05) is 5.16 Å². The Kier molecular flexibility index (Phi) is 8.15. The van der Waals surface area contributed by atoms with Crippen LogP contribution in [0.2, 0.25) is 0 Å². The van der Waals surface area contributed by atoms with Crippen LogP contribution in [-0.4, -0.2) is 88.8 Å². The van der Waals surface area contributed by atoms with Gasteiger partial charge in [0.05, 0.1) is 24.5 Å². The van der Waals surface area contributed by atoms with Gasteiger partial charge in [0.25, 0.3) is 11.8 Å². The third-order valence-corrected chi connectivity index (χ3v) is 8.24. The molecular weight excluding hydrogens is 576 g/mol. The molecule has 0 spiro atoms. The summed E-state index contributed by atoms with van der Waals surface area (Å²) in [6, 6.07) is 2.14. The lowest BCUT2D eigenvalue weighted by Crippen LogP contribution is -2.71. The number of pyridine rings is 1. The largest absolute Gasteiger partial charge is 0.543 e. The summed E-state index contributed by atoms with van der Waals surface area (Å²) >= 11 is 2.17. The molecule has 3 aromatic heterocycles. The Bertz CT molecular complexity index is 1570. The van der Waals surface area contributed by atoms with Crippen molar-refractivity contribution >= 4 is 63.1 Å². The van der Waals surface area contributed by atoms with Gasteiger partial charge < -0.3 is 41.2 Å². The van der Waals surface area contributed by atoms with E-state index < -0.39 is 35.2 Å². The minimum Gasteiger partial charge on any atom is -0.543 e. The number of amides is 2.